The third-order valence-corrected chi connectivity index (χ3v) is 3.77. The standard InChI is InChI=1S/C14H19NO/c1-2-4-13-8-14(7-12(13)3-1)15-9-11-5-6-16-10-11/h1-4,11,14-15H,5-10H2. The molecular weight excluding hydrogens is 198 g/mol. The van der Waals surface area contributed by atoms with E-state index < -0.39 is 0 Å². The van der Waals surface area contributed by atoms with Gasteiger partial charge in [-0.1, -0.05) is 24.3 Å². The van der Waals surface area contributed by atoms with Gasteiger partial charge in [-0.2, -0.15) is 0 Å². The van der Waals surface area contributed by atoms with Crippen LogP contribution in [0.1, 0.15) is 17.5 Å². The summed E-state index contributed by atoms with van der Waals surface area (Å²) in [5, 5.41) is 3.69. The monoisotopic (exact) mass is 217 g/mol. The van der Waals surface area contributed by atoms with Crippen LogP contribution in [0.25, 0.3) is 0 Å². The van der Waals surface area contributed by atoms with Crippen molar-refractivity contribution in [3.63, 3.8) is 0 Å². The third kappa shape index (κ3) is 2.13. The van der Waals surface area contributed by atoms with E-state index in [2.05, 4.69) is 29.6 Å². The Morgan fingerprint density at radius 1 is 1.19 bits per heavy atom. The van der Waals surface area contributed by atoms with Gasteiger partial charge in [0.2, 0.25) is 0 Å². The molecule has 0 aromatic heterocycles. The van der Waals surface area contributed by atoms with Gasteiger partial charge in [0.1, 0.15) is 0 Å². The Morgan fingerprint density at radius 3 is 2.56 bits per heavy atom. The molecule has 86 valence electrons. The van der Waals surface area contributed by atoms with Gasteiger partial charge in [0, 0.05) is 19.2 Å². The van der Waals surface area contributed by atoms with E-state index >= 15 is 0 Å². The zero-order valence-corrected chi connectivity index (χ0v) is 9.61. The second-order valence-electron chi connectivity index (χ2n) is 5.01. The van der Waals surface area contributed by atoms with Crippen LogP contribution in [0, 0.1) is 5.92 Å². The van der Waals surface area contributed by atoms with Gasteiger partial charge in [0.25, 0.3) is 0 Å². The summed E-state index contributed by atoms with van der Waals surface area (Å²) >= 11 is 0. The Labute approximate surface area is 97.0 Å². The summed E-state index contributed by atoms with van der Waals surface area (Å²) in [6.07, 6.45) is 3.63. The molecule has 0 spiro atoms. The number of hydrogen-bond donors (Lipinski definition) is 1. The van der Waals surface area contributed by atoms with E-state index in [1.54, 1.807) is 0 Å². The molecule has 0 radical (unpaired) electrons. The molecule has 1 saturated heterocycles. The molecule has 1 aromatic rings. The van der Waals surface area contributed by atoms with Crippen molar-refractivity contribution in [2.24, 2.45) is 5.92 Å². The van der Waals surface area contributed by atoms with E-state index in [1.165, 1.54) is 30.4 Å². The van der Waals surface area contributed by atoms with Gasteiger partial charge >= 0.3 is 0 Å². The van der Waals surface area contributed by atoms with Crippen LogP contribution in [0.3, 0.4) is 0 Å². The van der Waals surface area contributed by atoms with Crippen molar-refractivity contribution in [1.29, 1.82) is 0 Å². The van der Waals surface area contributed by atoms with Gasteiger partial charge in [-0.25, -0.2) is 0 Å². The highest BCUT2D eigenvalue weighted by molar-refractivity contribution is 5.33. The van der Waals surface area contributed by atoms with Crippen LogP contribution in [0.15, 0.2) is 24.3 Å². The molecule has 1 aromatic carbocycles. The quantitative estimate of drug-likeness (QED) is 0.833. The number of fused-ring (bicyclic) bond motifs is 1. The SMILES string of the molecule is c1ccc2c(c1)CC(NCC1CCOC1)C2. The van der Waals surface area contributed by atoms with Crippen molar-refractivity contribution in [1.82, 2.24) is 5.32 Å². The van der Waals surface area contributed by atoms with Crippen LogP contribution in [-0.4, -0.2) is 25.8 Å². The lowest BCUT2D eigenvalue weighted by Gasteiger charge is -2.14. The second kappa shape index (κ2) is 4.56. The Morgan fingerprint density at radius 2 is 1.94 bits per heavy atom. The average Bonchev–Trinajstić information content (AvgIpc) is 2.95. The minimum absolute atomic E-state index is 0.651. The van der Waals surface area contributed by atoms with E-state index in [0.717, 1.165) is 25.7 Å². The smallest absolute Gasteiger partial charge is 0.0507 e. The van der Waals surface area contributed by atoms with Gasteiger partial charge in [0.05, 0.1) is 6.61 Å². The summed E-state index contributed by atoms with van der Waals surface area (Å²) in [6.45, 7) is 3.03. The number of benzene rings is 1. The van der Waals surface area contributed by atoms with Gasteiger partial charge in [-0.15, -0.1) is 0 Å². The fourth-order valence-electron chi connectivity index (χ4n) is 2.78. The lowest BCUT2D eigenvalue weighted by atomic mass is 10.1. The Hall–Kier alpha value is -0.860. The van der Waals surface area contributed by atoms with Crippen molar-refractivity contribution in [3.8, 4) is 0 Å². The molecule has 1 aliphatic carbocycles. The molecule has 3 rings (SSSR count). The lowest BCUT2D eigenvalue weighted by Crippen LogP contribution is -2.34. The van der Waals surface area contributed by atoms with Gasteiger partial charge < -0.3 is 10.1 Å². The van der Waals surface area contributed by atoms with E-state index in [1.807, 2.05) is 0 Å². The van der Waals surface area contributed by atoms with Gasteiger partial charge in [-0.05, 0) is 36.3 Å². The Balaban J connectivity index is 1.52. The van der Waals surface area contributed by atoms with Gasteiger partial charge in [-0.3, -0.25) is 0 Å². The predicted octanol–water partition coefficient (Wildman–Crippen LogP) is 1.78. The first kappa shape index (κ1) is 10.3. The van der Waals surface area contributed by atoms with E-state index in [4.69, 9.17) is 4.74 Å². The molecule has 1 fully saturated rings. The lowest BCUT2D eigenvalue weighted by molar-refractivity contribution is 0.184. The number of ether oxygens (including phenoxy) is 1. The van der Waals surface area contributed by atoms with Crippen molar-refractivity contribution in [2.45, 2.75) is 25.3 Å². The minimum Gasteiger partial charge on any atom is -0.381 e. The highest BCUT2D eigenvalue weighted by Gasteiger charge is 2.22. The molecule has 16 heavy (non-hydrogen) atoms. The average molecular weight is 217 g/mol. The molecule has 1 aliphatic heterocycles. The largest absolute Gasteiger partial charge is 0.381 e. The fraction of sp³-hybridized carbons (Fsp3) is 0.571. The molecular formula is C14H19NO. The molecule has 0 amide bonds. The predicted molar refractivity (Wildman–Crippen MR) is 64.6 cm³/mol. The van der Waals surface area contributed by atoms with Crippen LogP contribution in [0.2, 0.25) is 0 Å². The number of hydrogen-bond acceptors (Lipinski definition) is 2. The summed E-state index contributed by atoms with van der Waals surface area (Å²) in [7, 11) is 0. The highest BCUT2D eigenvalue weighted by Crippen LogP contribution is 2.22. The maximum absolute atomic E-state index is 5.39. The van der Waals surface area contributed by atoms with Crippen LogP contribution in [-0.2, 0) is 17.6 Å². The summed E-state index contributed by atoms with van der Waals surface area (Å²) in [6, 6.07) is 9.46. The molecule has 2 nitrogen and oxygen atoms in total. The van der Waals surface area contributed by atoms with Crippen molar-refractivity contribution < 1.29 is 4.74 Å². The van der Waals surface area contributed by atoms with Gasteiger partial charge in [0.15, 0.2) is 0 Å². The fourth-order valence-corrected chi connectivity index (χ4v) is 2.78. The summed E-state index contributed by atoms with van der Waals surface area (Å²) < 4.78 is 5.39. The molecule has 1 heterocycles. The van der Waals surface area contributed by atoms with E-state index in [-0.39, 0.29) is 0 Å². The first-order valence-electron chi connectivity index (χ1n) is 6.30. The van der Waals surface area contributed by atoms with Crippen LogP contribution < -0.4 is 5.32 Å². The van der Waals surface area contributed by atoms with Crippen molar-refractivity contribution >= 4 is 0 Å². The zero-order chi connectivity index (χ0) is 10.8. The molecule has 2 heteroatoms. The van der Waals surface area contributed by atoms with Crippen LogP contribution in [0.4, 0.5) is 0 Å². The highest BCUT2D eigenvalue weighted by atomic mass is 16.5. The molecule has 0 bridgehead atoms. The Bertz CT molecular complexity index is 333. The van der Waals surface area contributed by atoms with E-state index in [0.29, 0.717) is 6.04 Å². The van der Waals surface area contributed by atoms with Crippen molar-refractivity contribution in [2.75, 3.05) is 19.8 Å². The zero-order valence-electron chi connectivity index (χ0n) is 9.61. The third-order valence-electron chi connectivity index (χ3n) is 3.77. The number of nitrogens with one attached hydrogen (secondary N) is 1. The summed E-state index contributed by atoms with van der Waals surface area (Å²) in [5.41, 5.74) is 3.06. The summed E-state index contributed by atoms with van der Waals surface area (Å²) in [5.74, 6) is 0.740. The topological polar surface area (TPSA) is 21.3 Å². The molecule has 1 atom stereocenters. The second-order valence-corrected chi connectivity index (χ2v) is 5.01. The minimum atomic E-state index is 0.651. The molecule has 2 aliphatic rings. The maximum Gasteiger partial charge on any atom is 0.0507 e. The first-order valence-corrected chi connectivity index (χ1v) is 6.30. The van der Waals surface area contributed by atoms with E-state index in [9.17, 15) is 0 Å². The molecule has 1 N–H and O–H groups in total. The normalized spacial score (nSPS) is 24.9. The molecule has 0 saturated carbocycles. The summed E-state index contributed by atoms with van der Waals surface area (Å²) in [4.78, 5) is 0. The first-order chi connectivity index (χ1) is 7.92. The van der Waals surface area contributed by atoms with Crippen molar-refractivity contribution in [3.05, 3.63) is 35.4 Å². The van der Waals surface area contributed by atoms with Crippen LogP contribution in [0.5, 0.6) is 0 Å². The molecule has 1 unspecified atom stereocenters. The number of rotatable bonds is 3. The van der Waals surface area contributed by atoms with Crippen LogP contribution >= 0.6 is 0 Å². The maximum atomic E-state index is 5.39. The Kier molecular flexibility index (Phi) is 2.94.